The molecule has 2 aliphatic rings. The number of carbonyl (C=O) groups excluding carboxylic acids is 1. The minimum atomic E-state index is -0.357. The summed E-state index contributed by atoms with van der Waals surface area (Å²) in [5.74, 6) is 0.969. The Morgan fingerprint density at radius 2 is 2.11 bits per heavy atom. The topological polar surface area (TPSA) is 58.8 Å². The van der Waals surface area contributed by atoms with Crippen LogP contribution in [0.15, 0.2) is 11.9 Å². The molecule has 19 heavy (non-hydrogen) atoms. The molecule has 5 nitrogen and oxygen atoms in total. The van der Waals surface area contributed by atoms with Crippen molar-refractivity contribution < 1.29 is 9.53 Å². The molecule has 0 bridgehead atoms. The highest BCUT2D eigenvalue weighted by molar-refractivity contribution is 5.70. The smallest absolute Gasteiger partial charge is 0.415 e. The van der Waals surface area contributed by atoms with Gasteiger partial charge >= 0.3 is 6.09 Å². The first-order valence-corrected chi connectivity index (χ1v) is 7.24. The SMILES string of the molecule is CCC1CN(C(=O)OC)C(N)=CC1N1CCCCC1. The Balaban J connectivity index is 2.14. The molecule has 2 atom stereocenters. The van der Waals surface area contributed by atoms with Gasteiger partial charge in [-0.15, -0.1) is 0 Å². The third kappa shape index (κ3) is 3.03. The molecular weight excluding hydrogens is 242 g/mol. The van der Waals surface area contributed by atoms with Crippen molar-refractivity contribution >= 4 is 6.09 Å². The molecule has 2 unspecified atom stereocenters. The van der Waals surface area contributed by atoms with Crippen LogP contribution in [0.1, 0.15) is 32.6 Å². The van der Waals surface area contributed by atoms with Gasteiger partial charge in [0.15, 0.2) is 0 Å². The lowest BCUT2D eigenvalue weighted by atomic mass is 9.90. The van der Waals surface area contributed by atoms with Gasteiger partial charge in [-0.05, 0) is 44.3 Å². The van der Waals surface area contributed by atoms with E-state index < -0.39 is 0 Å². The maximum atomic E-state index is 11.7. The number of likely N-dealkylation sites (tertiary alicyclic amines) is 1. The van der Waals surface area contributed by atoms with E-state index in [2.05, 4.69) is 11.8 Å². The van der Waals surface area contributed by atoms with Gasteiger partial charge in [0.2, 0.25) is 0 Å². The van der Waals surface area contributed by atoms with Crippen LogP contribution in [0, 0.1) is 5.92 Å². The minimum Gasteiger partial charge on any atom is -0.452 e. The zero-order valence-corrected chi connectivity index (χ0v) is 12.0. The Kier molecular flexibility index (Phi) is 4.69. The quantitative estimate of drug-likeness (QED) is 0.828. The Bertz CT molecular complexity index is 351. The van der Waals surface area contributed by atoms with Crippen molar-refractivity contribution in [2.45, 2.75) is 38.6 Å². The number of hydrogen-bond donors (Lipinski definition) is 1. The predicted molar refractivity (Wildman–Crippen MR) is 74.4 cm³/mol. The first-order chi connectivity index (χ1) is 9.17. The summed E-state index contributed by atoms with van der Waals surface area (Å²) in [6.45, 7) is 5.12. The molecular formula is C14H25N3O2. The Morgan fingerprint density at radius 3 is 2.68 bits per heavy atom. The molecule has 2 N–H and O–H groups in total. The summed E-state index contributed by atoms with van der Waals surface area (Å²) in [5, 5.41) is 0. The van der Waals surface area contributed by atoms with Crippen LogP contribution >= 0.6 is 0 Å². The van der Waals surface area contributed by atoms with Crippen molar-refractivity contribution in [2.24, 2.45) is 11.7 Å². The molecule has 0 radical (unpaired) electrons. The van der Waals surface area contributed by atoms with Crippen molar-refractivity contribution in [3.63, 3.8) is 0 Å². The summed E-state index contributed by atoms with van der Waals surface area (Å²) in [7, 11) is 1.40. The maximum Gasteiger partial charge on any atom is 0.415 e. The molecule has 1 fully saturated rings. The van der Waals surface area contributed by atoms with Gasteiger partial charge in [-0.2, -0.15) is 0 Å². The van der Waals surface area contributed by atoms with Crippen LogP contribution in [0.4, 0.5) is 4.79 Å². The second kappa shape index (κ2) is 6.28. The minimum absolute atomic E-state index is 0.357. The fourth-order valence-electron chi connectivity index (χ4n) is 3.13. The number of amides is 1. The summed E-state index contributed by atoms with van der Waals surface area (Å²) in [5.41, 5.74) is 6.03. The highest BCUT2D eigenvalue weighted by atomic mass is 16.5. The van der Waals surface area contributed by atoms with Crippen LogP contribution < -0.4 is 5.73 Å². The molecule has 0 spiro atoms. The number of nitrogens with two attached hydrogens (primary N) is 1. The second-order valence-corrected chi connectivity index (χ2v) is 5.43. The molecule has 0 aromatic carbocycles. The van der Waals surface area contributed by atoms with E-state index in [0.717, 1.165) is 19.5 Å². The van der Waals surface area contributed by atoms with Gasteiger partial charge in [0.05, 0.1) is 7.11 Å². The summed E-state index contributed by atoms with van der Waals surface area (Å²) < 4.78 is 4.79. The van der Waals surface area contributed by atoms with E-state index in [4.69, 9.17) is 10.5 Å². The molecule has 1 amide bonds. The highest BCUT2D eigenvalue weighted by Crippen LogP contribution is 2.27. The van der Waals surface area contributed by atoms with E-state index in [1.807, 2.05) is 6.08 Å². The van der Waals surface area contributed by atoms with E-state index in [-0.39, 0.29) is 6.09 Å². The molecule has 2 rings (SSSR count). The fraction of sp³-hybridized carbons (Fsp3) is 0.786. The normalized spacial score (nSPS) is 28.9. The molecule has 5 heteroatoms. The second-order valence-electron chi connectivity index (χ2n) is 5.43. The summed E-state index contributed by atoms with van der Waals surface area (Å²) in [6.07, 6.45) is 6.58. The lowest BCUT2D eigenvalue weighted by Gasteiger charge is -2.42. The molecule has 0 aromatic heterocycles. The number of rotatable bonds is 2. The van der Waals surface area contributed by atoms with Gasteiger partial charge in [0, 0.05) is 12.6 Å². The van der Waals surface area contributed by atoms with Crippen LogP contribution in [-0.4, -0.2) is 48.7 Å². The zero-order chi connectivity index (χ0) is 13.8. The van der Waals surface area contributed by atoms with Gasteiger partial charge in [-0.3, -0.25) is 9.80 Å². The summed E-state index contributed by atoms with van der Waals surface area (Å²) in [4.78, 5) is 15.8. The molecule has 2 aliphatic heterocycles. The van der Waals surface area contributed by atoms with Crippen molar-refractivity contribution in [1.82, 2.24) is 9.80 Å². The van der Waals surface area contributed by atoms with Gasteiger partial charge in [-0.25, -0.2) is 4.79 Å². The van der Waals surface area contributed by atoms with Gasteiger partial charge in [0.1, 0.15) is 5.82 Å². The zero-order valence-electron chi connectivity index (χ0n) is 12.0. The van der Waals surface area contributed by atoms with E-state index >= 15 is 0 Å². The number of hydrogen-bond acceptors (Lipinski definition) is 4. The van der Waals surface area contributed by atoms with Crippen LogP contribution in [0.25, 0.3) is 0 Å². The van der Waals surface area contributed by atoms with E-state index in [9.17, 15) is 4.79 Å². The maximum absolute atomic E-state index is 11.7. The van der Waals surface area contributed by atoms with E-state index in [0.29, 0.717) is 24.3 Å². The van der Waals surface area contributed by atoms with Crippen molar-refractivity contribution in [1.29, 1.82) is 0 Å². The van der Waals surface area contributed by atoms with E-state index in [1.54, 1.807) is 4.90 Å². The molecule has 0 aromatic rings. The number of ether oxygens (including phenoxy) is 1. The van der Waals surface area contributed by atoms with Crippen molar-refractivity contribution in [3.8, 4) is 0 Å². The average molecular weight is 267 g/mol. The predicted octanol–water partition coefficient (Wildman–Crippen LogP) is 1.75. The molecule has 1 saturated heterocycles. The molecule has 108 valence electrons. The Hall–Kier alpha value is -1.23. The monoisotopic (exact) mass is 267 g/mol. The average Bonchev–Trinajstić information content (AvgIpc) is 2.47. The number of nitrogens with zero attached hydrogens (tertiary/aromatic N) is 2. The first-order valence-electron chi connectivity index (χ1n) is 7.24. The van der Waals surface area contributed by atoms with Crippen LogP contribution in [0.3, 0.4) is 0 Å². The largest absolute Gasteiger partial charge is 0.452 e. The lowest BCUT2D eigenvalue weighted by molar-refractivity contribution is 0.0907. The number of piperidine rings is 1. The number of methoxy groups -OCH3 is 1. The summed E-state index contributed by atoms with van der Waals surface area (Å²) in [6, 6.07) is 0.367. The highest BCUT2D eigenvalue weighted by Gasteiger charge is 2.34. The number of carbonyl (C=O) groups is 1. The fourth-order valence-corrected chi connectivity index (χ4v) is 3.13. The third-order valence-corrected chi connectivity index (χ3v) is 4.28. The van der Waals surface area contributed by atoms with E-state index in [1.165, 1.54) is 26.4 Å². The van der Waals surface area contributed by atoms with Gasteiger partial charge in [-0.1, -0.05) is 13.3 Å². The van der Waals surface area contributed by atoms with Crippen molar-refractivity contribution in [3.05, 3.63) is 11.9 Å². The lowest BCUT2D eigenvalue weighted by Crippen LogP contribution is -2.51. The molecule has 0 saturated carbocycles. The van der Waals surface area contributed by atoms with Crippen LogP contribution in [-0.2, 0) is 4.74 Å². The Morgan fingerprint density at radius 1 is 1.42 bits per heavy atom. The Labute approximate surface area is 115 Å². The standard InChI is InChI=1S/C14H25N3O2/c1-3-11-10-17(14(18)19-2)13(15)9-12(11)16-7-5-4-6-8-16/h9,11-12H,3-8,10,15H2,1-2H3. The molecule has 0 aliphatic carbocycles. The van der Waals surface area contributed by atoms with Gasteiger partial charge < -0.3 is 10.5 Å². The van der Waals surface area contributed by atoms with Gasteiger partial charge in [0.25, 0.3) is 0 Å². The first kappa shape index (κ1) is 14.2. The third-order valence-electron chi connectivity index (χ3n) is 4.28. The molecule has 2 heterocycles. The van der Waals surface area contributed by atoms with Crippen molar-refractivity contribution in [2.75, 3.05) is 26.7 Å². The van der Waals surface area contributed by atoms with Crippen LogP contribution in [0.2, 0.25) is 0 Å². The van der Waals surface area contributed by atoms with Crippen LogP contribution in [0.5, 0.6) is 0 Å². The summed E-state index contributed by atoms with van der Waals surface area (Å²) >= 11 is 0.